The molecule has 0 bridgehead atoms. The Kier molecular flexibility index (Phi) is 2.36. The van der Waals surface area contributed by atoms with E-state index in [-0.39, 0.29) is 5.75 Å². The van der Waals surface area contributed by atoms with Crippen LogP contribution in [0.3, 0.4) is 0 Å². The van der Waals surface area contributed by atoms with Gasteiger partial charge in [-0.05, 0) is 30.2 Å². The largest absolute Gasteiger partial charge is 0.508 e. The van der Waals surface area contributed by atoms with E-state index in [0.717, 1.165) is 11.1 Å². The van der Waals surface area contributed by atoms with Gasteiger partial charge in [-0.3, -0.25) is 4.79 Å². The molecule has 1 aliphatic heterocycles. The van der Waals surface area contributed by atoms with Gasteiger partial charge in [0.05, 0.1) is 19.1 Å². The normalized spacial score (nSPS) is 16.1. The fourth-order valence-electron chi connectivity index (χ4n) is 1.71. The molecule has 4 nitrogen and oxygen atoms in total. The maximum absolute atomic E-state index is 10.8. The van der Waals surface area contributed by atoms with E-state index in [2.05, 4.69) is 0 Å². The van der Waals surface area contributed by atoms with Gasteiger partial charge in [-0.1, -0.05) is 0 Å². The minimum Gasteiger partial charge on any atom is -0.508 e. The number of phenolic OH excluding ortho intramolecular Hbond substituents is 1. The molecule has 0 saturated carbocycles. The maximum Gasteiger partial charge on any atom is 0.310 e. The zero-order valence-electron chi connectivity index (χ0n) is 8.36. The van der Waals surface area contributed by atoms with E-state index in [4.69, 9.17) is 9.84 Å². The van der Waals surface area contributed by atoms with Crippen molar-refractivity contribution < 1.29 is 19.7 Å². The molecule has 1 aliphatic rings. The Morgan fingerprint density at radius 2 is 2.00 bits per heavy atom. The molecular weight excluding hydrogens is 196 g/mol. The predicted octanol–water partition coefficient (Wildman–Crippen LogP) is 1.61. The maximum atomic E-state index is 10.8. The van der Waals surface area contributed by atoms with Gasteiger partial charge >= 0.3 is 5.97 Å². The number of carboxylic acid groups (broad SMARTS) is 1. The molecule has 0 fully saturated rings. The number of carbonyl (C=O) groups is 1. The van der Waals surface area contributed by atoms with E-state index >= 15 is 0 Å². The topological polar surface area (TPSA) is 66.8 Å². The fourth-order valence-corrected chi connectivity index (χ4v) is 1.71. The molecule has 4 heteroatoms. The molecule has 2 rings (SSSR count). The van der Waals surface area contributed by atoms with Crippen molar-refractivity contribution in [2.75, 3.05) is 0 Å². The molecule has 0 spiro atoms. The lowest BCUT2D eigenvalue weighted by Gasteiger charge is -2.10. The van der Waals surface area contributed by atoms with Crippen molar-refractivity contribution in [1.29, 1.82) is 0 Å². The standard InChI is InChI=1S/C11H12O4/c1-6(11(13)14)9-2-7-4-15-5-8(7)3-10(9)12/h2-3,6,12H,4-5H2,1H3,(H,13,14). The highest BCUT2D eigenvalue weighted by Gasteiger charge is 2.21. The number of hydrogen-bond acceptors (Lipinski definition) is 3. The quantitative estimate of drug-likeness (QED) is 0.774. The van der Waals surface area contributed by atoms with Crippen LogP contribution in [-0.2, 0) is 22.7 Å². The van der Waals surface area contributed by atoms with Crippen molar-refractivity contribution >= 4 is 5.97 Å². The van der Waals surface area contributed by atoms with Crippen molar-refractivity contribution in [3.05, 3.63) is 28.8 Å². The molecule has 1 aromatic rings. The molecule has 2 N–H and O–H groups in total. The van der Waals surface area contributed by atoms with Gasteiger partial charge in [0.25, 0.3) is 0 Å². The molecule has 1 heterocycles. The second-order valence-electron chi connectivity index (χ2n) is 3.73. The van der Waals surface area contributed by atoms with Gasteiger partial charge in [-0.25, -0.2) is 0 Å². The average molecular weight is 208 g/mol. The molecule has 0 saturated heterocycles. The number of hydrogen-bond donors (Lipinski definition) is 2. The van der Waals surface area contributed by atoms with E-state index in [0.29, 0.717) is 18.8 Å². The Labute approximate surface area is 87.1 Å². The lowest BCUT2D eigenvalue weighted by atomic mass is 9.96. The van der Waals surface area contributed by atoms with Gasteiger partial charge < -0.3 is 14.9 Å². The van der Waals surface area contributed by atoms with E-state index in [1.807, 2.05) is 0 Å². The lowest BCUT2D eigenvalue weighted by Crippen LogP contribution is -2.08. The van der Waals surface area contributed by atoms with Crippen molar-refractivity contribution in [2.45, 2.75) is 26.1 Å². The highest BCUT2D eigenvalue weighted by molar-refractivity contribution is 5.76. The number of phenols is 1. The zero-order chi connectivity index (χ0) is 11.0. The average Bonchev–Trinajstić information content (AvgIpc) is 2.62. The molecule has 0 amide bonds. The second kappa shape index (κ2) is 3.55. The highest BCUT2D eigenvalue weighted by atomic mass is 16.5. The van der Waals surface area contributed by atoms with E-state index in [1.54, 1.807) is 19.1 Å². The van der Waals surface area contributed by atoms with Gasteiger partial charge in [0.1, 0.15) is 5.75 Å². The summed E-state index contributed by atoms with van der Waals surface area (Å²) in [6, 6.07) is 3.31. The first kappa shape index (κ1) is 9.98. The Bertz CT molecular complexity index is 411. The first-order valence-corrected chi connectivity index (χ1v) is 4.75. The Morgan fingerprint density at radius 3 is 2.60 bits per heavy atom. The Balaban J connectivity index is 2.44. The van der Waals surface area contributed by atoms with E-state index in [9.17, 15) is 9.90 Å². The van der Waals surface area contributed by atoms with E-state index < -0.39 is 11.9 Å². The molecule has 0 radical (unpaired) electrons. The predicted molar refractivity (Wildman–Crippen MR) is 52.7 cm³/mol. The number of rotatable bonds is 2. The number of aliphatic carboxylic acids is 1. The second-order valence-corrected chi connectivity index (χ2v) is 3.73. The molecule has 15 heavy (non-hydrogen) atoms. The van der Waals surface area contributed by atoms with Crippen LogP contribution >= 0.6 is 0 Å². The third kappa shape index (κ3) is 1.68. The van der Waals surface area contributed by atoms with Crippen molar-refractivity contribution in [1.82, 2.24) is 0 Å². The number of aromatic hydroxyl groups is 1. The molecule has 1 aromatic carbocycles. The molecule has 0 aliphatic carbocycles. The fraction of sp³-hybridized carbons (Fsp3) is 0.364. The van der Waals surface area contributed by atoms with Crippen LogP contribution in [0.15, 0.2) is 12.1 Å². The summed E-state index contributed by atoms with van der Waals surface area (Å²) in [7, 11) is 0. The van der Waals surface area contributed by atoms with Crippen LogP contribution in [0, 0.1) is 0 Å². The van der Waals surface area contributed by atoms with Crippen LogP contribution in [0.5, 0.6) is 5.75 Å². The summed E-state index contributed by atoms with van der Waals surface area (Å²) in [4.78, 5) is 10.8. The Morgan fingerprint density at radius 1 is 1.40 bits per heavy atom. The van der Waals surface area contributed by atoms with Crippen molar-refractivity contribution in [3.63, 3.8) is 0 Å². The minimum absolute atomic E-state index is 0.0363. The smallest absolute Gasteiger partial charge is 0.310 e. The third-order valence-corrected chi connectivity index (χ3v) is 2.70. The van der Waals surface area contributed by atoms with Gasteiger partial charge in [-0.2, -0.15) is 0 Å². The summed E-state index contributed by atoms with van der Waals surface area (Å²) in [5.41, 5.74) is 2.36. The van der Waals surface area contributed by atoms with Crippen LogP contribution in [0.1, 0.15) is 29.5 Å². The highest BCUT2D eigenvalue weighted by Crippen LogP contribution is 2.32. The van der Waals surface area contributed by atoms with Gasteiger partial charge in [0.2, 0.25) is 0 Å². The summed E-state index contributed by atoms with van der Waals surface area (Å²) in [5.74, 6) is -1.60. The molecule has 1 atom stereocenters. The van der Waals surface area contributed by atoms with Gasteiger partial charge in [-0.15, -0.1) is 0 Å². The summed E-state index contributed by atoms with van der Waals surface area (Å²) in [6.45, 7) is 2.54. The number of benzene rings is 1. The zero-order valence-corrected chi connectivity index (χ0v) is 8.36. The Hall–Kier alpha value is -1.55. The molecule has 1 unspecified atom stereocenters. The van der Waals surface area contributed by atoms with Crippen LogP contribution in [0.4, 0.5) is 0 Å². The van der Waals surface area contributed by atoms with Crippen molar-refractivity contribution in [2.24, 2.45) is 0 Å². The number of fused-ring (bicyclic) bond motifs is 1. The van der Waals surface area contributed by atoms with Gasteiger partial charge in [0.15, 0.2) is 0 Å². The van der Waals surface area contributed by atoms with Crippen LogP contribution in [0.25, 0.3) is 0 Å². The summed E-state index contributed by atoms with van der Waals surface area (Å²) >= 11 is 0. The summed E-state index contributed by atoms with van der Waals surface area (Å²) in [5, 5.41) is 18.5. The van der Waals surface area contributed by atoms with Gasteiger partial charge in [0, 0.05) is 5.56 Å². The van der Waals surface area contributed by atoms with Crippen LogP contribution in [0.2, 0.25) is 0 Å². The summed E-state index contributed by atoms with van der Waals surface area (Å²) in [6.07, 6.45) is 0. The van der Waals surface area contributed by atoms with Crippen LogP contribution in [-0.4, -0.2) is 16.2 Å². The molecule has 80 valence electrons. The van der Waals surface area contributed by atoms with Crippen molar-refractivity contribution in [3.8, 4) is 5.75 Å². The molecular formula is C11H12O4. The van der Waals surface area contributed by atoms with E-state index in [1.165, 1.54) is 0 Å². The molecule has 0 aromatic heterocycles. The summed E-state index contributed by atoms with van der Waals surface area (Å²) < 4.78 is 5.21. The number of ether oxygens (including phenoxy) is 1. The monoisotopic (exact) mass is 208 g/mol. The minimum atomic E-state index is -0.941. The number of carboxylic acids is 1. The van der Waals surface area contributed by atoms with Crippen LogP contribution < -0.4 is 0 Å². The first-order chi connectivity index (χ1) is 7.09. The third-order valence-electron chi connectivity index (χ3n) is 2.70. The SMILES string of the molecule is CC(C(=O)O)c1cc2c(cc1O)COC2. The first-order valence-electron chi connectivity index (χ1n) is 4.75. The lowest BCUT2D eigenvalue weighted by molar-refractivity contribution is -0.138.